The Morgan fingerprint density at radius 2 is 1.91 bits per heavy atom. The quantitative estimate of drug-likeness (QED) is 0.702. The van der Waals surface area contributed by atoms with Crippen LogP contribution in [0.4, 0.5) is 5.69 Å². The summed E-state index contributed by atoms with van der Waals surface area (Å²) in [5.74, 6) is -0.351. The number of aryl methyl sites for hydroxylation is 1. The minimum absolute atomic E-state index is 0.177. The fourth-order valence-electron chi connectivity index (χ4n) is 2.53. The molecule has 0 aliphatic heterocycles. The second kappa shape index (κ2) is 7.58. The standard InChI is InChI=1S/C17H22N4O2/c1-3-13-14(4-2)20-21-17(23)15(13)16(22)19-10-9-11-5-7-12(18)8-6-11/h5-8H,3-4,9-10,18H2,1-2H3,(H,19,22)(H,21,23). The molecule has 1 amide bonds. The van der Waals surface area contributed by atoms with E-state index in [1.807, 2.05) is 38.1 Å². The second-order valence-corrected chi connectivity index (χ2v) is 5.31. The van der Waals surface area contributed by atoms with Gasteiger partial charge >= 0.3 is 0 Å². The average molecular weight is 314 g/mol. The Balaban J connectivity index is 2.09. The highest BCUT2D eigenvalue weighted by atomic mass is 16.2. The molecular formula is C17H22N4O2. The van der Waals surface area contributed by atoms with Gasteiger partial charge in [-0.1, -0.05) is 26.0 Å². The highest BCUT2D eigenvalue weighted by Crippen LogP contribution is 2.10. The van der Waals surface area contributed by atoms with Gasteiger partial charge in [-0.3, -0.25) is 9.59 Å². The Morgan fingerprint density at radius 1 is 1.22 bits per heavy atom. The molecule has 0 bridgehead atoms. The number of carbonyl (C=O) groups excluding carboxylic acids is 1. The molecule has 6 nitrogen and oxygen atoms in total. The number of aromatic nitrogens is 2. The van der Waals surface area contributed by atoms with Crippen molar-refractivity contribution in [3.63, 3.8) is 0 Å². The number of nitrogens with zero attached hydrogens (tertiary/aromatic N) is 1. The van der Waals surface area contributed by atoms with Gasteiger partial charge in [0.2, 0.25) is 0 Å². The molecule has 0 atom stereocenters. The summed E-state index contributed by atoms with van der Waals surface area (Å²) < 4.78 is 0. The van der Waals surface area contributed by atoms with E-state index in [-0.39, 0.29) is 11.5 Å². The van der Waals surface area contributed by atoms with Crippen molar-refractivity contribution in [2.75, 3.05) is 12.3 Å². The minimum atomic E-state index is -0.441. The first-order valence-electron chi connectivity index (χ1n) is 7.79. The zero-order valence-electron chi connectivity index (χ0n) is 13.5. The van der Waals surface area contributed by atoms with Gasteiger partial charge < -0.3 is 11.1 Å². The van der Waals surface area contributed by atoms with E-state index in [1.54, 1.807) is 0 Å². The Morgan fingerprint density at radius 3 is 2.52 bits per heavy atom. The van der Waals surface area contributed by atoms with E-state index in [1.165, 1.54) is 0 Å². The van der Waals surface area contributed by atoms with E-state index in [0.29, 0.717) is 31.5 Å². The van der Waals surface area contributed by atoms with Crippen molar-refractivity contribution in [1.29, 1.82) is 0 Å². The third kappa shape index (κ3) is 3.97. The first-order chi connectivity index (χ1) is 11.1. The van der Waals surface area contributed by atoms with Gasteiger partial charge in [-0.2, -0.15) is 5.10 Å². The molecule has 0 saturated carbocycles. The molecule has 4 N–H and O–H groups in total. The number of H-pyrrole nitrogens is 1. The molecular weight excluding hydrogens is 292 g/mol. The Kier molecular flexibility index (Phi) is 5.51. The van der Waals surface area contributed by atoms with Gasteiger partial charge in [0.05, 0.1) is 5.69 Å². The Labute approximate surface area is 135 Å². The second-order valence-electron chi connectivity index (χ2n) is 5.31. The van der Waals surface area contributed by atoms with Gasteiger partial charge in [0.15, 0.2) is 0 Å². The molecule has 2 aromatic rings. The number of nitrogens with one attached hydrogen (secondary N) is 2. The van der Waals surface area contributed by atoms with Crippen LogP contribution in [-0.4, -0.2) is 22.6 Å². The van der Waals surface area contributed by atoms with Gasteiger partial charge in [0.25, 0.3) is 11.5 Å². The molecule has 23 heavy (non-hydrogen) atoms. The van der Waals surface area contributed by atoms with Crippen molar-refractivity contribution < 1.29 is 4.79 Å². The molecule has 0 radical (unpaired) electrons. The van der Waals surface area contributed by atoms with Crippen LogP contribution in [-0.2, 0) is 19.3 Å². The summed E-state index contributed by atoms with van der Waals surface area (Å²) in [5, 5.41) is 9.24. The van der Waals surface area contributed by atoms with Crippen LogP contribution in [0.2, 0.25) is 0 Å². The molecule has 122 valence electrons. The fraction of sp³-hybridized carbons (Fsp3) is 0.353. The maximum Gasteiger partial charge on any atom is 0.277 e. The van der Waals surface area contributed by atoms with E-state index in [2.05, 4.69) is 15.5 Å². The molecule has 0 aliphatic rings. The molecule has 0 fully saturated rings. The zero-order chi connectivity index (χ0) is 16.8. The molecule has 0 saturated heterocycles. The average Bonchev–Trinajstić information content (AvgIpc) is 2.56. The molecule has 0 unspecified atom stereocenters. The summed E-state index contributed by atoms with van der Waals surface area (Å²) in [6.07, 6.45) is 1.95. The third-order valence-corrected chi connectivity index (χ3v) is 3.76. The normalized spacial score (nSPS) is 10.5. The topological polar surface area (TPSA) is 101 Å². The molecule has 2 rings (SSSR count). The van der Waals surface area contributed by atoms with E-state index >= 15 is 0 Å². The number of nitrogen functional groups attached to an aromatic ring is 1. The smallest absolute Gasteiger partial charge is 0.277 e. The number of nitrogens with two attached hydrogens (primary N) is 1. The number of benzene rings is 1. The maximum absolute atomic E-state index is 12.4. The largest absolute Gasteiger partial charge is 0.399 e. The highest BCUT2D eigenvalue weighted by Gasteiger charge is 2.18. The van der Waals surface area contributed by atoms with Gasteiger partial charge in [-0.05, 0) is 42.5 Å². The monoisotopic (exact) mass is 314 g/mol. The van der Waals surface area contributed by atoms with Gasteiger partial charge in [0, 0.05) is 12.2 Å². The number of hydrogen-bond donors (Lipinski definition) is 3. The fourth-order valence-corrected chi connectivity index (χ4v) is 2.53. The Bertz CT molecular complexity index is 735. The minimum Gasteiger partial charge on any atom is -0.399 e. The number of anilines is 1. The number of aromatic amines is 1. The van der Waals surface area contributed by atoms with E-state index < -0.39 is 5.56 Å². The summed E-state index contributed by atoms with van der Waals surface area (Å²) in [6, 6.07) is 7.50. The molecule has 6 heteroatoms. The van der Waals surface area contributed by atoms with Crippen LogP contribution >= 0.6 is 0 Å². The maximum atomic E-state index is 12.4. The lowest BCUT2D eigenvalue weighted by molar-refractivity contribution is 0.0951. The molecule has 0 aliphatic carbocycles. The lowest BCUT2D eigenvalue weighted by atomic mass is 10.0. The van der Waals surface area contributed by atoms with Crippen LogP contribution in [0.3, 0.4) is 0 Å². The van der Waals surface area contributed by atoms with Crippen LogP contribution in [0, 0.1) is 0 Å². The lowest BCUT2D eigenvalue weighted by Gasteiger charge is -2.11. The Hall–Kier alpha value is -2.63. The van der Waals surface area contributed by atoms with Crippen molar-refractivity contribution in [1.82, 2.24) is 15.5 Å². The SMILES string of the molecule is CCc1n[nH]c(=O)c(C(=O)NCCc2ccc(N)cc2)c1CC. The first-order valence-corrected chi connectivity index (χ1v) is 7.79. The predicted octanol–water partition coefficient (Wildman–Crippen LogP) is 1.45. The summed E-state index contributed by atoms with van der Waals surface area (Å²) in [4.78, 5) is 24.4. The van der Waals surface area contributed by atoms with Crippen LogP contribution in [0.1, 0.15) is 41.0 Å². The zero-order valence-corrected chi connectivity index (χ0v) is 13.5. The van der Waals surface area contributed by atoms with Crippen LogP contribution in [0.15, 0.2) is 29.1 Å². The summed E-state index contributed by atoms with van der Waals surface area (Å²) in [7, 11) is 0. The van der Waals surface area contributed by atoms with E-state index in [9.17, 15) is 9.59 Å². The van der Waals surface area contributed by atoms with Crippen LogP contribution < -0.4 is 16.6 Å². The van der Waals surface area contributed by atoms with Gasteiger partial charge in [-0.25, -0.2) is 5.10 Å². The molecule has 0 spiro atoms. The third-order valence-electron chi connectivity index (χ3n) is 3.76. The van der Waals surface area contributed by atoms with Crippen LogP contribution in [0.25, 0.3) is 0 Å². The highest BCUT2D eigenvalue weighted by molar-refractivity contribution is 5.95. The lowest BCUT2D eigenvalue weighted by Crippen LogP contribution is -2.33. The molecule has 1 aromatic heterocycles. The van der Waals surface area contributed by atoms with Crippen molar-refractivity contribution in [2.45, 2.75) is 33.1 Å². The van der Waals surface area contributed by atoms with Crippen molar-refractivity contribution in [3.8, 4) is 0 Å². The van der Waals surface area contributed by atoms with Crippen LogP contribution in [0.5, 0.6) is 0 Å². The van der Waals surface area contributed by atoms with Crippen molar-refractivity contribution in [3.05, 3.63) is 57.0 Å². The van der Waals surface area contributed by atoms with Gasteiger partial charge in [-0.15, -0.1) is 0 Å². The first kappa shape index (κ1) is 16.7. The van der Waals surface area contributed by atoms with Crippen molar-refractivity contribution in [2.24, 2.45) is 0 Å². The predicted molar refractivity (Wildman–Crippen MR) is 90.5 cm³/mol. The molecule has 1 aromatic carbocycles. The van der Waals surface area contributed by atoms with E-state index in [4.69, 9.17) is 5.73 Å². The van der Waals surface area contributed by atoms with Gasteiger partial charge in [0.1, 0.15) is 5.56 Å². The van der Waals surface area contributed by atoms with Crippen molar-refractivity contribution >= 4 is 11.6 Å². The number of amides is 1. The van der Waals surface area contributed by atoms with E-state index in [0.717, 1.165) is 16.8 Å². The number of hydrogen-bond acceptors (Lipinski definition) is 4. The summed E-state index contributed by atoms with van der Waals surface area (Å²) >= 11 is 0. The number of carbonyl (C=O) groups is 1. The summed E-state index contributed by atoms with van der Waals surface area (Å²) in [5.41, 5.74) is 8.65. The number of rotatable bonds is 6. The molecule has 1 heterocycles. The summed E-state index contributed by atoms with van der Waals surface area (Å²) in [6.45, 7) is 4.32.